The maximum Gasteiger partial charge on any atom is 0.251 e. The number of anilines is 1. The van der Waals surface area contributed by atoms with Crippen LogP contribution in [0.1, 0.15) is 15.9 Å². The second-order valence-electron chi connectivity index (χ2n) is 5.62. The van der Waals surface area contributed by atoms with Crippen molar-refractivity contribution in [2.75, 3.05) is 19.0 Å². The van der Waals surface area contributed by atoms with Gasteiger partial charge in [0, 0.05) is 43.7 Å². The van der Waals surface area contributed by atoms with Gasteiger partial charge in [-0.2, -0.15) is 0 Å². The van der Waals surface area contributed by atoms with Crippen LogP contribution in [0.4, 0.5) is 5.69 Å². The van der Waals surface area contributed by atoms with Gasteiger partial charge < -0.3 is 14.6 Å². The van der Waals surface area contributed by atoms with Crippen molar-refractivity contribution in [3.05, 3.63) is 72.1 Å². The molecule has 5 nitrogen and oxygen atoms in total. The number of benzene rings is 1. The van der Waals surface area contributed by atoms with E-state index >= 15 is 0 Å². The number of carbonyl (C=O) groups is 1. The summed E-state index contributed by atoms with van der Waals surface area (Å²) in [4.78, 5) is 18.7. The average Bonchev–Trinajstić information content (AvgIpc) is 3.14. The van der Waals surface area contributed by atoms with Crippen LogP contribution in [0.15, 0.2) is 65.4 Å². The second kappa shape index (κ2) is 7.00. The first kappa shape index (κ1) is 15.8. The van der Waals surface area contributed by atoms with E-state index < -0.39 is 0 Å². The molecular formula is C19H19N3O2. The number of nitrogens with one attached hydrogen (secondary N) is 1. The Morgan fingerprint density at radius 3 is 2.79 bits per heavy atom. The van der Waals surface area contributed by atoms with Crippen LogP contribution in [0.2, 0.25) is 0 Å². The van der Waals surface area contributed by atoms with E-state index in [0.717, 1.165) is 16.9 Å². The van der Waals surface area contributed by atoms with Crippen LogP contribution >= 0.6 is 0 Å². The van der Waals surface area contributed by atoms with Gasteiger partial charge in [-0.25, -0.2) is 0 Å². The van der Waals surface area contributed by atoms with Crippen LogP contribution in [-0.2, 0) is 6.54 Å². The number of hydrogen-bond donors (Lipinski definition) is 1. The number of carbonyl (C=O) groups excluding carboxylic acids is 1. The highest BCUT2D eigenvalue weighted by Crippen LogP contribution is 2.21. The van der Waals surface area contributed by atoms with E-state index in [2.05, 4.69) is 10.3 Å². The minimum Gasteiger partial charge on any atom is -0.463 e. The molecule has 0 atom stereocenters. The Hall–Kier alpha value is -3.08. The Labute approximate surface area is 140 Å². The van der Waals surface area contributed by atoms with Crippen molar-refractivity contribution in [3.8, 4) is 11.5 Å². The molecule has 24 heavy (non-hydrogen) atoms. The van der Waals surface area contributed by atoms with Crippen LogP contribution in [0.5, 0.6) is 0 Å². The van der Waals surface area contributed by atoms with Crippen LogP contribution in [-0.4, -0.2) is 25.0 Å². The number of pyridine rings is 1. The normalized spacial score (nSPS) is 10.4. The molecule has 122 valence electrons. The number of hydrogen-bond acceptors (Lipinski definition) is 4. The molecule has 0 bridgehead atoms. The summed E-state index contributed by atoms with van der Waals surface area (Å²) in [7, 11) is 3.89. The predicted octanol–water partition coefficient (Wildman–Crippen LogP) is 3.34. The molecule has 0 aliphatic rings. The van der Waals surface area contributed by atoms with E-state index in [4.69, 9.17) is 4.42 Å². The standard InChI is InChI=1S/C19H19N3O2/c1-22(2)16-8-3-6-14(12-16)19(23)21-13-15-7-4-10-20-18(15)17-9-5-11-24-17/h3-12H,13H2,1-2H3,(H,21,23). The summed E-state index contributed by atoms with van der Waals surface area (Å²) < 4.78 is 5.41. The topological polar surface area (TPSA) is 58.4 Å². The largest absolute Gasteiger partial charge is 0.463 e. The lowest BCUT2D eigenvalue weighted by Gasteiger charge is -2.14. The third kappa shape index (κ3) is 3.46. The number of nitrogens with zero attached hydrogens (tertiary/aromatic N) is 2. The maximum atomic E-state index is 12.4. The monoisotopic (exact) mass is 321 g/mol. The molecule has 0 aliphatic heterocycles. The lowest BCUT2D eigenvalue weighted by Crippen LogP contribution is -2.23. The van der Waals surface area contributed by atoms with Crippen molar-refractivity contribution >= 4 is 11.6 Å². The molecule has 0 aliphatic carbocycles. The van der Waals surface area contributed by atoms with E-state index in [9.17, 15) is 4.79 Å². The summed E-state index contributed by atoms with van der Waals surface area (Å²) >= 11 is 0. The molecule has 1 amide bonds. The number of amides is 1. The van der Waals surface area contributed by atoms with E-state index in [1.807, 2.05) is 61.5 Å². The smallest absolute Gasteiger partial charge is 0.251 e. The number of aromatic nitrogens is 1. The number of rotatable bonds is 5. The van der Waals surface area contributed by atoms with Gasteiger partial charge in [-0.15, -0.1) is 0 Å². The number of furan rings is 1. The average molecular weight is 321 g/mol. The summed E-state index contributed by atoms with van der Waals surface area (Å²) in [6.45, 7) is 0.384. The van der Waals surface area contributed by atoms with Crippen molar-refractivity contribution in [1.29, 1.82) is 0 Å². The fourth-order valence-corrected chi connectivity index (χ4v) is 2.42. The summed E-state index contributed by atoms with van der Waals surface area (Å²) in [6, 6.07) is 15.0. The lowest BCUT2D eigenvalue weighted by molar-refractivity contribution is 0.0951. The molecule has 0 radical (unpaired) electrons. The second-order valence-corrected chi connectivity index (χ2v) is 5.62. The van der Waals surface area contributed by atoms with Crippen molar-refractivity contribution < 1.29 is 9.21 Å². The van der Waals surface area contributed by atoms with E-state index in [0.29, 0.717) is 17.9 Å². The van der Waals surface area contributed by atoms with Crippen LogP contribution in [0, 0.1) is 0 Å². The van der Waals surface area contributed by atoms with Crippen molar-refractivity contribution in [1.82, 2.24) is 10.3 Å². The summed E-state index contributed by atoms with van der Waals surface area (Å²) in [5.74, 6) is 0.572. The summed E-state index contributed by atoms with van der Waals surface area (Å²) in [6.07, 6.45) is 3.32. The predicted molar refractivity (Wildman–Crippen MR) is 93.9 cm³/mol. The van der Waals surface area contributed by atoms with Crippen molar-refractivity contribution in [3.63, 3.8) is 0 Å². The third-order valence-electron chi connectivity index (χ3n) is 3.71. The molecule has 2 heterocycles. The Balaban J connectivity index is 1.75. The van der Waals surface area contributed by atoms with E-state index in [1.165, 1.54) is 0 Å². The van der Waals surface area contributed by atoms with Gasteiger partial charge in [0.25, 0.3) is 5.91 Å². The van der Waals surface area contributed by atoms with Gasteiger partial charge in [0.15, 0.2) is 5.76 Å². The zero-order valence-electron chi connectivity index (χ0n) is 13.7. The Kier molecular flexibility index (Phi) is 4.61. The van der Waals surface area contributed by atoms with Gasteiger partial charge in [0.05, 0.1) is 6.26 Å². The zero-order valence-corrected chi connectivity index (χ0v) is 13.7. The van der Waals surface area contributed by atoms with Gasteiger partial charge >= 0.3 is 0 Å². The molecule has 1 N–H and O–H groups in total. The highest BCUT2D eigenvalue weighted by Gasteiger charge is 2.11. The molecule has 2 aromatic heterocycles. The lowest BCUT2D eigenvalue weighted by atomic mass is 10.1. The fourth-order valence-electron chi connectivity index (χ4n) is 2.42. The molecule has 3 aromatic rings. The van der Waals surface area contributed by atoms with Gasteiger partial charge in [-0.05, 0) is 36.4 Å². The zero-order chi connectivity index (χ0) is 16.9. The van der Waals surface area contributed by atoms with Crippen molar-refractivity contribution in [2.45, 2.75) is 6.54 Å². The molecule has 0 saturated carbocycles. The molecule has 0 fully saturated rings. The van der Waals surface area contributed by atoms with Gasteiger partial charge in [-0.1, -0.05) is 12.1 Å². The van der Waals surface area contributed by atoms with Crippen LogP contribution in [0.3, 0.4) is 0 Å². The Bertz CT molecular complexity index is 826. The first-order valence-corrected chi connectivity index (χ1v) is 7.68. The summed E-state index contributed by atoms with van der Waals surface area (Å²) in [5, 5.41) is 2.94. The highest BCUT2D eigenvalue weighted by molar-refractivity contribution is 5.95. The van der Waals surface area contributed by atoms with Crippen LogP contribution < -0.4 is 10.2 Å². The molecular weight excluding hydrogens is 302 g/mol. The first-order valence-electron chi connectivity index (χ1n) is 7.68. The highest BCUT2D eigenvalue weighted by atomic mass is 16.3. The first-order chi connectivity index (χ1) is 11.6. The van der Waals surface area contributed by atoms with Gasteiger partial charge in [0.2, 0.25) is 0 Å². The Morgan fingerprint density at radius 1 is 1.17 bits per heavy atom. The molecule has 3 rings (SSSR count). The Morgan fingerprint density at radius 2 is 2.04 bits per heavy atom. The van der Waals surface area contributed by atoms with Gasteiger partial charge in [0.1, 0.15) is 5.69 Å². The van der Waals surface area contributed by atoms with Gasteiger partial charge in [-0.3, -0.25) is 9.78 Å². The summed E-state index contributed by atoms with van der Waals surface area (Å²) in [5.41, 5.74) is 3.26. The molecule has 0 saturated heterocycles. The SMILES string of the molecule is CN(C)c1cccc(C(=O)NCc2cccnc2-c2ccco2)c1. The maximum absolute atomic E-state index is 12.4. The van der Waals surface area contributed by atoms with E-state index in [-0.39, 0.29) is 5.91 Å². The van der Waals surface area contributed by atoms with Crippen molar-refractivity contribution in [2.24, 2.45) is 0 Å². The van der Waals surface area contributed by atoms with E-state index in [1.54, 1.807) is 18.5 Å². The molecule has 0 spiro atoms. The molecule has 1 aromatic carbocycles. The third-order valence-corrected chi connectivity index (χ3v) is 3.71. The molecule has 0 unspecified atom stereocenters. The quantitative estimate of drug-likeness (QED) is 0.783. The fraction of sp³-hybridized carbons (Fsp3) is 0.158. The minimum absolute atomic E-state index is 0.118. The minimum atomic E-state index is -0.118. The van der Waals surface area contributed by atoms with Crippen LogP contribution in [0.25, 0.3) is 11.5 Å². The molecule has 5 heteroatoms.